The first kappa shape index (κ1) is 18.6. The topological polar surface area (TPSA) is 62.7 Å². The minimum absolute atomic E-state index is 0.265. The molecule has 1 saturated heterocycles. The first-order chi connectivity index (χ1) is 11.8. The third kappa shape index (κ3) is 3.85. The van der Waals surface area contributed by atoms with E-state index in [1.54, 1.807) is 13.8 Å². The molecule has 1 N–H and O–H groups in total. The number of esters is 1. The minimum atomic E-state index is -1.32. The number of pyridine rings is 1. The van der Waals surface area contributed by atoms with E-state index in [0.29, 0.717) is 17.2 Å². The summed E-state index contributed by atoms with van der Waals surface area (Å²) in [6, 6.07) is 0. The van der Waals surface area contributed by atoms with Gasteiger partial charge in [0.15, 0.2) is 6.10 Å². The molecular formula is C19H27BrN2O3. The van der Waals surface area contributed by atoms with Gasteiger partial charge in [0, 0.05) is 24.3 Å². The van der Waals surface area contributed by atoms with Crippen molar-refractivity contribution in [1.29, 1.82) is 0 Å². The highest BCUT2D eigenvalue weighted by Crippen LogP contribution is 2.45. The average Bonchev–Trinajstić information content (AvgIpc) is 3.27. The Labute approximate surface area is 157 Å². The fourth-order valence-electron chi connectivity index (χ4n) is 3.82. The van der Waals surface area contributed by atoms with Crippen molar-refractivity contribution in [3.05, 3.63) is 21.4 Å². The summed E-state index contributed by atoms with van der Waals surface area (Å²) in [6.07, 6.45) is 2.26. The Morgan fingerprint density at radius 1 is 1.24 bits per heavy atom. The van der Waals surface area contributed by atoms with Gasteiger partial charge in [-0.2, -0.15) is 0 Å². The zero-order valence-corrected chi connectivity index (χ0v) is 17.0. The predicted molar refractivity (Wildman–Crippen MR) is 101 cm³/mol. The Morgan fingerprint density at radius 3 is 2.52 bits per heavy atom. The molecular weight excluding hydrogens is 384 g/mol. The van der Waals surface area contributed by atoms with Crippen LogP contribution in [-0.2, 0) is 9.53 Å². The smallest absolute Gasteiger partial charge is 0.340 e. The van der Waals surface area contributed by atoms with Crippen LogP contribution in [0, 0.1) is 25.7 Å². The summed E-state index contributed by atoms with van der Waals surface area (Å²) in [7, 11) is 0. The molecule has 2 fully saturated rings. The summed E-state index contributed by atoms with van der Waals surface area (Å²) in [4.78, 5) is 19.1. The van der Waals surface area contributed by atoms with Crippen molar-refractivity contribution in [1.82, 2.24) is 4.98 Å². The van der Waals surface area contributed by atoms with Gasteiger partial charge < -0.3 is 14.7 Å². The Bertz CT molecular complexity index is 673. The van der Waals surface area contributed by atoms with E-state index in [0.717, 1.165) is 34.9 Å². The highest BCUT2D eigenvalue weighted by molar-refractivity contribution is 9.10. The van der Waals surface area contributed by atoms with E-state index in [1.165, 1.54) is 19.3 Å². The summed E-state index contributed by atoms with van der Waals surface area (Å²) in [6.45, 7) is 9.27. The highest BCUT2D eigenvalue weighted by Gasteiger charge is 2.38. The molecule has 0 bridgehead atoms. The number of hydrogen-bond donors (Lipinski definition) is 1. The van der Waals surface area contributed by atoms with E-state index < -0.39 is 12.1 Å². The van der Waals surface area contributed by atoms with Gasteiger partial charge in [0.05, 0.1) is 22.0 Å². The zero-order valence-electron chi connectivity index (χ0n) is 15.4. The molecule has 138 valence electrons. The van der Waals surface area contributed by atoms with Gasteiger partial charge in [0.2, 0.25) is 0 Å². The van der Waals surface area contributed by atoms with Crippen LogP contribution in [0.3, 0.4) is 0 Å². The molecule has 2 heterocycles. The van der Waals surface area contributed by atoms with Gasteiger partial charge >= 0.3 is 5.97 Å². The van der Waals surface area contributed by atoms with Crippen molar-refractivity contribution in [2.45, 2.75) is 59.2 Å². The summed E-state index contributed by atoms with van der Waals surface area (Å²) in [5.41, 5.74) is 3.02. The van der Waals surface area contributed by atoms with Crippen LogP contribution in [0.1, 0.15) is 56.2 Å². The normalized spacial score (nSPS) is 21.7. The quantitative estimate of drug-likeness (QED) is 0.749. The highest BCUT2D eigenvalue weighted by atomic mass is 79.9. The van der Waals surface area contributed by atoms with Crippen molar-refractivity contribution in [3.8, 4) is 0 Å². The van der Waals surface area contributed by atoms with Crippen LogP contribution < -0.4 is 4.90 Å². The second-order valence-corrected chi connectivity index (χ2v) is 8.37. The van der Waals surface area contributed by atoms with Gasteiger partial charge in [-0.05, 0) is 74.7 Å². The van der Waals surface area contributed by atoms with Crippen molar-refractivity contribution >= 4 is 27.6 Å². The SMILES string of the molecule is Cc1nc(C)c([C@H](O)C(=O)OC(C)C)c(N2CCC(C3CC3)C2)c1Br. The molecule has 0 radical (unpaired) electrons. The number of halogens is 1. The van der Waals surface area contributed by atoms with Crippen molar-refractivity contribution < 1.29 is 14.6 Å². The van der Waals surface area contributed by atoms with Crippen LogP contribution in [0.15, 0.2) is 4.47 Å². The standard InChI is InChI=1S/C19H27BrN2O3/c1-10(2)25-19(24)18(23)15-11(3)21-12(4)16(20)17(15)22-8-7-14(9-22)13-5-6-13/h10,13-14,18,23H,5-9H2,1-4H3/t14?,18-/m0/s1. The third-order valence-corrected chi connectivity index (χ3v) is 6.13. The van der Waals surface area contributed by atoms with Crippen LogP contribution >= 0.6 is 15.9 Å². The lowest BCUT2D eigenvalue weighted by Gasteiger charge is -2.27. The average molecular weight is 411 g/mol. The van der Waals surface area contributed by atoms with Crippen LogP contribution in [-0.4, -0.2) is 35.3 Å². The van der Waals surface area contributed by atoms with Crippen molar-refractivity contribution in [2.75, 3.05) is 18.0 Å². The number of aliphatic hydroxyl groups excluding tert-OH is 1. The zero-order chi connectivity index (χ0) is 18.3. The number of anilines is 1. The molecule has 1 saturated carbocycles. The van der Waals surface area contributed by atoms with Gasteiger partial charge in [-0.15, -0.1) is 0 Å². The number of aliphatic hydroxyl groups is 1. The maximum atomic E-state index is 12.3. The molecule has 0 amide bonds. The van der Waals surface area contributed by atoms with Gasteiger partial charge in [-0.1, -0.05) is 0 Å². The summed E-state index contributed by atoms with van der Waals surface area (Å²) in [5, 5.41) is 10.7. The summed E-state index contributed by atoms with van der Waals surface area (Å²) >= 11 is 3.65. The lowest BCUT2D eigenvalue weighted by Crippen LogP contribution is -2.27. The molecule has 1 aliphatic carbocycles. The number of aromatic nitrogens is 1. The maximum absolute atomic E-state index is 12.3. The first-order valence-electron chi connectivity index (χ1n) is 9.09. The Kier molecular flexibility index (Phi) is 5.40. The van der Waals surface area contributed by atoms with Gasteiger partial charge in [-0.25, -0.2) is 4.79 Å². The largest absolute Gasteiger partial charge is 0.461 e. The Balaban J connectivity index is 1.96. The van der Waals surface area contributed by atoms with Gasteiger partial charge in [-0.3, -0.25) is 4.98 Å². The minimum Gasteiger partial charge on any atom is -0.461 e. The molecule has 2 atom stereocenters. The third-order valence-electron chi connectivity index (χ3n) is 5.18. The number of nitrogens with zero attached hydrogens (tertiary/aromatic N) is 2. The Morgan fingerprint density at radius 2 is 1.92 bits per heavy atom. The molecule has 25 heavy (non-hydrogen) atoms. The first-order valence-corrected chi connectivity index (χ1v) is 9.89. The van der Waals surface area contributed by atoms with E-state index in [-0.39, 0.29) is 6.10 Å². The lowest BCUT2D eigenvalue weighted by atomic mass is 10.0. The summed E-state index contributed by atoms with van der Waals surface area (Å²) in [5.74, 6) is 0.954. The van der Waals surface area contributed by atoms with E-state index >= 15 is 0 Å². The van der Waals surface area contributed by atoms with E-state index in [9.17, 15) is 9.90 Å². The molecule has 0 aromatic carbocycles. The molecule has 1 aliphatic heterocycles. The fourth-order valence-corrected chi connectivity index (χ4v) is 4.37. The van der Waals surface area contributed by atoms with Crippen LogP contribution in [0.2, 0.25) is 0 Å². The van der Waals surface area contributed by atoms with Crippen LogP contribution in [0.5, 0.6) is 0 Å². The van der Waals surface area contributed by atoms with E-state index in [1.807, 2.05) is 13.8 Å². The number of aryl methyl sites for hydroxylation is 2. The molecule has 3 rings (SSSR count). The summed E-state index contributed by atoms with van der Waals surface area (Å²) < 4.78 is 6.09. The molecule has 1 unspecified atom stereocenters. The molecule has 0 spiro atoms. The monoisotopic (exact) mass is 410 g/mol. The van der Waals surface area contributed by atoms with E-state index in [4.69, 9.17) is 4.74 Å². The number of rotatable bonds is 5. The number of carbonyl (C=O) groups is 1. The van der Waals surface area contributed by atoms with Crippen molar-refractivity contribution in [3.63, 3.8) is 0 Å². The number of ether oxygens (including phenoxy) is 1. The molecule has 1 aromatic rings. The van der Waals surface area contributed by atoms with Gasteiger partial charge in [0.25, 0.3) is 0 Å². The van der Waals surface area contributed by atoms with Gasteiger partial charge in [0.1, 0.15) is 0 Å². The number of hydrogen-bond acceptors (Lipinski definition) is 5. The molecule has 2 aliphatic rings. The molecule has 6 heteroatoms. The predicted octanol–water partition coefficient (Wildman–Crippen LogP) is 3.68. The van der Waals surface area contributed by atoms with Crippen molar-refractivity contribution in [2.24, 2.45) is 11.8 Å². The second-order valence-electron chi connectivity index (χ2n) is 7.58. The number of carbonyl (C=O) groups excluding carboxylic acids is 1. The molecule has 1 aromatic heterocycles. The molecule has 5 nitrogen and oxygen atoms in total. The second kappa shape index (κ2) is 7.23. The van der Waals surface area contributed by atoms with Crippen LogP contribution in [0.4, 0.5) is 5.69 Å². The Hall–Kier alpha value is -1.14. The van der Waals surface area contributed by atoms with Crippen LogP contribution in [0.25, 0.3) is 0 Å². The maximum Gasteiger partial charge on any atom is 0.340 e. The lowest BCUT2D eigenvalue weighted by molar-refractivity contribution is -0.157. The fraction of sp³-hybridized carbons (Fsp3) is 0.684. The van der Waals surface area contributed by atoms with E-state index in [2.05, 4.69) is 25.8 Å².